The maximum atomic E-state index is 14.6. The Balaban J connectivity index is 2.50. The number of halogens is 2. The fourth-order valence-electron chi connectivity index (χ4n) is 2.34. The Labute approximate surface area is 148 Å². The van der Waals surface area contributed by atoms with E-state index in [1.165, 1.54) is 23.6 Å². The number of ether oxygens (including phenoxy) is 1. The van der Waals surface area contributed by atoms with Crippen molar-refractivity contribution in [1.29, 1.82) is 0 Å². The van der Waals surface area contributed by atoms with Crippen LogP contribution < -0.4 is 5.56 Å². The highest BCUT2D eigenvalue weighted by molar-refractivity contribution is 9.10. The topological polar surface area (TPSA) is 51.5 Å². The molecule has 130 valence electrons. The van der Waals surface area contributed by atoms with Crippen molar-refractivity contribution >= 4 is 32.9 Å². The van der Waals surface area contributed by atoms with Gasteiger partial charge in [0.05, 0.1) is 12.1 Å². The predicted octanol–water partition coefficient (Wildman–Crippen LogP) is 3.81. The third-order valence-corrected chi connectivity index (χ3v) is 4.00. The van der Waals surface area contributed by atoms with E-state index in [1.54, 1.807) is 39.0 Å². The molecule has 0 saturated heterocycles. The zero-order valence-corrected chi connectivity index (χ0v) is 15.9. The molecule has 0 unspecified atom stereocenters. The number of pyridine rings is 1. The summed E-state index contributed by atoms with van der Waals surface area (Å²) in [5, 5.41) is 0.569. The van der Waals surface area contributed by atoms with E-state index in [9.17, 15) is 14.0 Å². The molecule has 1 amide bonds. The number of hydrogen-bond donors (Lipinski definition) is 0. The molecule has 0 aliphatic heterocycles. The SMILES string of the molecule is CN(Cc1c(F)c(=O)n(C)c2ccc(Br)cc12)C(=O)OC(C)(C)C. The van der Waals surface area contributed by atoms with Gasteiger partial charge in [-0.05, 0) is 39.0 Å². The van der Waals surface area contributed by atoms with Crippen molar-refractivity contribution in [2.45, 2.75) is 32.9 Å². The van der Waals surface area contributed by atoms with E-state index in [2.05, 4.69) is 15.9 Å². The molecule has 0 atom stereocenters. The average molecular weight is 399 g/mol. The number of nitrogens with zero attached hydrogens (tertiary/aromatic N) is 2. The Morgan fingerprint density at radius 2 is 2.00 bits per heavy atom. The molecular weight excluding hydrogens is 379 g/mol. The quantitative estimate of drug-likeness (QED) is 0.772. The molecule has 5 nitrogen and oxygen atoms in total. The van der Waals surface area contributed by atoms with Crippen molar-refractivity contribution < 1.29 is 13.9 Å². The number of carbonyl (C=O) groups is 1. The lowest BCUT2D eigenvalue weighted by Crippen LogP contribution is -2.35. The second kappa shape index (κ2) is 6.55. The van der Waals surface area contributed by atoms with Crippen LogP contribution in [0.3, 0.4) is 0 Å². The van der Waals surface area contributed by atoms with Crippen LogP contribution in [0.2, 0.25) is 0 Å². The van der Waals surface area contributed by atoms with Gasteiger partial charge in [-0.1, -0.05) is 15.9 Å². The minimum absolute atomic E-state index is 0.0657. The van der Waals surface area contributed by atoms with Gasteiger partial charge in [0.15, 0.2) is 5.82 Å². The molecule has 1 heterocycles. The standard InChI is InChI=1S/C17H20BrFN2O3/c1-17(2,3)24-16(23)20(4)9-12-11-8-10(18)6-7-13(11)21(5)15(22)14(12)19/h6-8H,9H2,1-5H3. The van der Waals surface area contributed by atoms with Crippen molar-refractivity contribution in [2.75, 3.05) is 7.05 Å². The van der Waals surface area contributed by atoms with E-state index >= 15 is 0 Å². The molecule has 1 aromatic heterocycles. The Morgan fingerprint density at radius 3 is 2.58 bits per heavy atom. The van der Waals surface area contributed by atoms with Crippen LogP contribution in [0.15, 0.2) is 27.5 Å². The molecule has 0 N–H and O–H groups in total. The van der Waals surface area contributed by atoms with Crippen LogP contribution in [0.25, 0.3) is 10.9 Å². The zero-order valence-electron chi connectivity index (χ0n) is 14.3. The van der Waals surface area contributed by atoms with E-state index in [0.29, 0.717) is 10.9 Å². The minimum Gasteiger partial charge on any atom is -0.444 e. The Kier molecular flexibility index (Phi) is 5.03. The lowest BCUT2D eigenvalue weighted by Gasteiger charge is -2.25. The summed E-state index contributed by atoms with van der Waals surface area (Å²) in [7, 11) is 3.03. The van der Waals surface area contributed by atoms with Gasteiger partial charge in [0.25, 0.3) is 5.56 Å². The lowest BCUT2D eigenvalue weighted by atomic mass is 10.1. The first kappa shape index (κ1) is 18.4. The number of rotatable bonds is 2. The fourth-order valence-corrected chi connectivity index (χ4v) is 2.70. The van der Waals surface area contributed by atoms with Crippen LogP contribution in [0, 0.1) is 5.82 Å². The van der Waals surface area contributed by atoms with E-state index in [0.717, 1.165) is 4.47 Å². The highest BCUT2D eigenvalue weighted by atomic mass is 79.9. The van der Waals surface area contributed by atoms with Gasteiger partial charge in [-0.25, -0.2) is 9.18 Å². The van der Waals surface area contributed by atoms with Crippen molar-refractivity contribution in [1.82, 2.24) is 9.47 Å². The number of aryl methyl sites for hydroxylation is 1. The van der Waals surface area contributed by atoms with Crippen molar-refractivity contribution in [3.05, 3.63) is 44.4 Å². The average Bonchev–Trinajstić information content (AvgIpc) is 2.47. The first-order chi connectivity index (χ1) is 11.0. The summed E-state index contributed by atoms with van der Waals surface area (Å²) in [4.78, 5) is 25.5. The van der Waals surface area contributed by atoms with E-state index in [-0.39, 0.29) is 12.1 Å². The van der Waals surface area contributed by atoms with Gasteiger partial charge in [-0.15, -0.1) is 0 Å². The third-order valence-electron chi connectivity index (χ3n) is 3.50. The molecule has 0 bridgehead atoms. The van der Waals surface area contributed by atoms with Gasteiger partial charge < -0.3 is 14.2 Å². The highest BCUT2D eigenvalue weighted by Crippen LogP contribution is 2.24. The first-order valence-electron chi connectivity index (χ1n) is 7.42. The molecule has 0 radical (unpaired) electrons. The Hall–Kier alpha value is -1.89. The maximum Gasteiger partial charge on any atom is 0.410 e. The number of hydrogen-bond acceptors (Lipinski definition) is 3. The molecule has 0 aliphatic carbocycles. The number of benzene rings is 1. The fraction of sp³-hybridized carbons (Fsp3) is 0.412. The van der Waals surface area contributed by atoms with Gasteiger partial charge >= 0.3 is 6.09 Å². The Morgan fingerprint density at radius 1 is 1.38 bits per heavy atom. The molecule has 24 heavy (non-hydrogen) atoms. The zero-order chi connectivity index (χ0) is 18.2. The number of aromatic nitrogens is 1. The molecule has 7 heteroatoms. The molecule has 0 spiro atoms. The van der Waals surface area contributed by atoms with Crippen LogP contribution in [0.5, 0.6) is 0 Å². The minimum atomic E-state index is -0.862. The first-order valence-corrected chi connectivity index (χ1v) is 8.21. The number of amides is 1. The molecule has 1 aromatic carbocycles. The summed E-state index contributed by atoms with van der Waals surface area (Å²) in [5.41, 5.74) is -0.612. The lowest BCUT2D eigenvalue weighted by molar-refractivity contribution is 0.0284. The second-order valence-corrected chi connectivity index (χ2v) is 7.57. The molecule has 0 fully saturated rings. The van der Waals surface area contributed by atoms with Gasteiger partial charge in [0.1, 0.15) is 5.60 Å². The smallest absolute Gasteiger partial charge is 0.410 e. The number of fused-ring (bicyclic) bond motifs is 1. The van der Waals surface area contributed by atoms with Gasteiger partial charge in [0.2, 0.25) is 0 Å². The maximum absolute atomic E-state index is 14.6. The van der Waals surface area contributed by atoms with E-state index in [4.69, 9.17) is 4.74 Å². The van der Waals surface area contributed by atoms with Crippen LogP contribution in [0.1, 0.15) is 26.3 Å². The predicted molar refractivity (Wildman–Crippen MR) is 94.5 cm³/mol. The third kappa shape index (κ3) is 3.77. The normalized spacial score (nSPS) is 11.6. The van der Waals surface area contributed by atoms with Crippen LogP contribution in [-0.2, 0) is 18.3 Å². The summed E-state index contributed by atoms with van der Waals surface area (Å²) in [6.45, 7) is 5.20. The molecule has 2 rings (SSSR count). The highest BCUT2D eigenvalue weighted by Gasteiger charge is 2.23. The molecular formula is C17H20BrFN2O3. The Bertz CT molecular complexity index is 856. The van der Waals surface area contributed by atoms with Crippen LogP contribution >= 0.6 is 15.9 Å². The summed E-state index contributed by atoms with van der Waals surface area (Å²) < 4.78 is 21.8. The van der Waals surface area contributed by atoms with Gasteiger partial charge in [0, 0.05) is 29.5 Å². The van der Waals surface area contributed by atoms with Gasteiger partial charge in [-0.2, -0.15) is 0 Å². The molecule has 0 saturated carbocycles. The molecule has 0 aliphatic rings. The second-order valence-electron chi connectivity index (χ2n) is 6.65. The van der Waals surface area contributed by atoms with E-state index < -0.39 is 23.1 Å². The largest absolute Gasteiger partial charge is 0.444 e. The summed E-state index contributed by atoms with van der Waals surface area (Å²) in [6.07, 6.45) is -0.578. The summed E-state index contributed by atoms with van der Waals surface area (Å²) in [5.74, 6) is -0.862. The van der Waals surface area contributed by atoms with Crippen molar-refractivity contribution in [3.63, 3.8) is 0 Å². The monoisotopic (exact) mass is 398 g/mol. The van der Waals surface area contributed by atoms with Crippen LogP contribution in [0.4, 0.5) is 9.18 Å². The van der Waals surface area contributed by atoms with E-state index in [1.807, 2.05) is 0 Å². The van der Waals surface area contributed by atoms with Crippen molar-refractivity contribution in [3.8, 4) is 0 Å². The van der Waals surface area contributed by atoms with Gasteiger partial charge in [-0.3, -0.25) is 4.79 Å². The van der Waals surface area contributed by atoms with Crippen molar-refractivity contribution in [2.24, 2.45) is 7.05 Å². The van der Waals surface area contributed by atoms with Crippen LogP contribution in [-0.4, -0.2) is 28.2 Å². The molecule has 2 aromatic rings. The summed E-state index contributed by atoms with van der Waals surface area (Å²) in [6, 6.07) is 5.24. The number of carbonyl (C=O) groups excluding carboxylic acids is 1. The summed E-state index contributed by atoms with van der Waals surface area (Å²) >= 11 is 3.35.